The van der Waals surface area contributed by atoms with Crippen LogP contribution >= 0.6 is 12.6 Å². The molecule has 0 saturated heterocycles. The van der Waals surface area contributed by atoms with Crippen LogP contribution in [0, 0.1) is 0 Å². The molecule has 0 radical (unpaired) electrons. The molecule has 0 saturated carbocycles. The predicted octanol–water partition coefficient (Wildman–Crippen LogP) is 2.27. The lowest BCUT2D eigenvalue weighted by Crippen LogP contribution is -2.33. The van der Waals surface area contributed by atoms with Crippen molar-refractivity contribution in [1.29, 1.82) is 0 Å². The molecule has 0 aliphatic rings. The van der Waals surface area contributed by atoms with Crippen molar-refractivity contribution in [1.82, 2.24) is 5.32 Å². The van der Waals surface area contributed by atoms with Crippen LogP contribution in [0.4, 0.5) is 13.2 Å². The summed E-state index contributed by atoms with van der Waals surface area (Å²) in [5.41, 5.74) is 0.159. The fourth-order valence-corrected chi connectivity index (χ4v) is 1.15. The van der Waals surface area contributed by atoms with Gasteiger partial charge in [-0.25, -0.2) is 0 Å². The molecule has 0 aliphatic carbocycles. The van der Waals surface area contributed by atoms with Gasteiger partial charge in [0, 0.05) is 10.5 Å². The average Bonchev–Trinajstić information content (AvgIpc) is 2.13. The van der Waals surface area contributed by atoms with E-state index in [-0.39, 0.29) is 5.56 Å². The molecule has 15 heavy (non-hydrogen) atoms. The molecule has 0 aromatic heterocycles. The fourth-order valence-electron chi connectivity index (χ4n) is 0.930. The smallest absolute Gasteiger partial charge is 0.343 e. The Hall–Kier alpha value is -1.17. The van der Waals surface area contributed by atoms with E-state index in [1.807, 2.05) is 0 Å². The standard InChI is InChI=1S/C9H8F3NOS/c10-9(11,12)5-13-8(14)6-2-1-3-7(15)4-6/h1-4,15H,5H2,(H,13,14). The summed E-state index contributed by atoms with van der Waals surface area (Å²) in [7, 11) is 0. The molecule has 1 aromatic rings. The van der Waals surface area contributed by atoms with Crippen molar-refractivity contribution >= 4 is 18.5 Å². The van der Waals surface area contributed by atoms with Gasteiger partial charge in [-0.1, -0.05) is 6.07 Å². The normalized spacial score (nSPS) is 11.2. The van der Waals surface area contributed by atoms with Crippen LogP contribution in [0.2, 0.25) is 0 Å². The molecule has 6 heteroatoms. The SMILES string of the molecule is O=C(NCC(F)(F)F)c1cccc(S)c1. The zero-order chi connectivity index (χ0) is 11.5. The summed E-state index contributed by atoms with van der Waals surface area (Å²) in [6, 6.07) is 5.99. The number of carbonyl (C=O) groups is 1. The van der Waals surface area contributed by atoms with Crippen LogP contribution < -0.4 is 5.32 Å². The topological polar surface area (TPSA) is 29.1 Å². The van der Waals surface area contributed by atoms with E-state index in [0.29, 0.717) is 4.90 Å². The van der Waals surface area contributed by atoms with Crippen LogP contribution in [-0.2, 0) is 0 Å². The number of amides is 1. The second-order valence-electron chi connectivity index (χ2n) is 2.85. The number of thiol groups is 1. The summed E-state index contributed by atoms with van der Waals surface area (Å²) in [6.07, 6.45) is -4.39. The minimum Gasteiger partial charge on any atom is -0.343 e. The first-order valence-corrected chi connectivity index (χ1v) is 4.47. The van der Waals surface area contributed by atoms with E-state index in [4.69, 9.17) is 0 Å². The minimum absolute atomic E-state index is 0.159. The van der Waals surface area contributed by atoms with Crippen LogP contribution in [-0.4, -0.2) is 18.6 Å². The highest BCUT2D eigenvalue weighted by Crippen LogP contribution is 2.13. The number of rotatable bonds is 2. The Morgan fingerprint density at radius 3 is 2.60 bits per heavy atom. The molecule has 1 N–H and O–H groups in total. The van der Waals surface area contributed by atoms with Crippen molar-refractivity contribution in [3.05, 3.63) is 29.8 Å². The average molecular weight is 235 g/mol. The number of benzene rings is 1. The van der Waals surface area contributed by atoms with Gasteiger partial charge < -0.3 is 5.32 Å². The number of halogens is 3. The molecule has 82 valence electrons. The lowest BCUT2D eigenvalue weighted by atomic mass is 10.2. The maximum atomic E-state index is 11.8. The van der Waals surface area contributed by atoms with Gasteiger partial charge in [0.05, 0.1) is 0 Å². The van der Waals surface area contributed by atoms with Gasteiger partial charge in [0.25, 0.3) is 5.91 Å². The number of nitrogens with one attached hydrogen (secondary N) is 1. The second-order valence-corrected chi connectivity index (χ2v) is 3.36. The lowest BCUT2D eigenvalue weighted by Gasteiger charge is -2.08. The summed E-state index contributed by atoms with van der Waals surface area (Å²) in [4.78, 5) is 11.7. The van der Waals surface area contributed by atoms with Crippen LogP contribution in [0.15, 0.2) is 29.2 Å². The molecular weight excluding hydrogens is 227 g/mol. The maximum absolute atomic E-state index is 11.8. The van der Waals surface area contributed by atoms with E-state index in [1.54, 1.807) is 17.4 Å². The molecule has 2 nitrogen and oxygen atoms in total. The summed E-state index contributed by atoms with van der Waals surface area (Å²) < 4.78 is 35.3. The molecule has 0 unspecified atom stereocenters. The van der Waals surface area contributed by atoms with Gasteiger partial charge in [-0.3, -0.25) is 4.79 Å². The molecular formula is C9H8F3NOS. The van der Waals surface area contributed by atoms with Crippen LogP contribution in [0.1, 0.15) is 10.4 Å². The monoisotopic (exact) mass is 235 g/mol. The van der Waals surface area contributed by atoms with Crippen molar-refractivity contribution in [2.24, 2.45) is 0 Å². The van der Waals surface area contributed by atoms with Crippen molar-refractivity contribution in [2.45, 2.75) is 11.1 Å². The van der Waals surface area contributed by atoms with Gasteiger partial charge in [0.2, 0.25) is 0 Å². The highest BCUT2D eigenvalue weighted by Gasteiger charge is 2.27. The molecule has 0 fully saturated rings. The first-order valence-electron chi connectivity index (χ1n) is 4.02. The van der Waals surface area contributed by atoms with Crippen molar-refractivity contribution in [2.75, 3.05) is 6.54 Å². The van der Waals surface area contributed by atoms with E-state index in [0.717, 1.165) is 0 Å². The zero-order valence-electron chi connectivity index (χ0n) is 7.51. The highest BCUT2D eigenvalue weighted by atomic mass is 32.1. The first-order chi connectivity index (χ1) is 6.88. The summed E-state index contributed by atoms with van der Waals surface area (Å²) >= 11 is 3.97. The number of alkyl halides is 3. The van der Waals surface area contributed by atoms with Gasteiger partial charge in [-0.2, -0.15) is 13.2 Å². The molecule has 1 rings (SSSR count). The van der Waals surface area contributed by atoms with E-state index in [1.165, 1.54) is 12.1 Å². The Morgan fingerprint density at radius 2 is 2.07 bits per heavy atom. The van der Waals surface area contributed by atoms with Crippen molar-refractivity contribution in [3.8, 4) is 0 Å². The Kier molecular flexibility index (Phi) is 3.62. The Morgan fingerprint density at radius 1 is 1.40 bits per heavy atom. The van der Waals surface area contributed by atoms with Crippen LogP contribution in [0.5, 0.6) is 0 Å². The van der Waals surface area contributed by atoms with E-state index in [2.05, 4.69) is 12.6 Å². The van der Waals surface area contributed by atoms with Gasteiger partial charge in [0.15, 0.2) is 0 Å². The predicted molar refractivity (Wildman–Crippen MR) is 52.1 cm³/mol. The van der Waals surface area contributed by atoms with Gasteiger partial charge in [-0.05, 0) is 18.2 Å². The lowest BCUT2D eigenvalue weighted by molar-refractivity contribution is -0.123. The van der Waals surface area contributed by atoms with E-state index >= 15 is 0 Å². The number of hydrogen-bond acceptors (Lipinski definition) is 2. The van der Waals surface area contributed by atoms with E-state index in [9.17, 15) is 18.0 Å². The molecule has 1 amide bonds. The van der Waals surface area contributed by atoms with Crippen molar-refractivity contribution < 1.29 is 18.0 Å². The third-order valence-electron chi connectivity index (χ3n) is 1.56. The third kappa shape index (κ3) is 4.24. The summed E-state index contributed by atoms with van der Waals surface area (Å²) in [5.74, 6) is -0.761. The molecule has 0 bridgehead atoms. The Bertz CT molecular complexity index is 365. The quantitative estimate of drug-likeness (QED) is 0.756. The third-order valence-corrected chi connectivity index (χ3v) is 1.84. The molecule has 0 atom stereocenters. The maximum Gasteiger partial charge on any atom is 0.405 e. The Balaban J connectivity index is 2.62. The summed E-state index contributed by atoms with van der Waals surface area (Å²) in [5, 5.41) is 1.77. The highest BCUT2D eigenvalue weighted by molar-refractivity contribution is 7.80. The first kappa shape index (κ1) is 11.9. The molecule has 0 aliphatic heterocycles. The second kappa shape index (κ2) is 4.57. The van der Waals surface area contributed by atoms with Gasteiger partial charge in [-0.15, -0.1) is 12.6 Å². The minimum atomic E-state index is -4.39. The summed E-state index contributed by atoms with van der Waals surface area (Å²) in [6.45, 7) is -1.33. The number of hydrogen-bond donors (Lipinski definition) is 2. The molecule has 0 spiro atoms. The number of carbonyl (C=O) groups excluding carboxylic acids is 1. The van der Waals surface area contributed by atoms with E-state index < -0.39 is 18.6 Å². The largest absolute Gasteiger partial charge is 0.405 e. The fraction of sp³-hybridized carbons (Fsp3) is 0.222. The molecule has 0 heterocycles. The van der Waals surface area contributed by atoms with Gasteiger partial charge >= 0.3 is 6.18 Å². The Labute approximate surface area is 89.9 Å². The zero-order valence-corrected chi connectivity index (χ0v) is 8.40. The van der Waals surface area contributed by atoms with Crippen LogP contribution in [0.3, 0.4) is 0 Å². The van der Waals surface area contributed by atoms with Gasteiger partial charge in [0.1, 0.15) is 6.54 Å². The molecule has 1 aromatic carbocycles. The van der Waals surface area contributed by atoms with Crippen molar-refractivity contribution in [3.63, 3.8) is 0 Å². The van der Waals surface area contributed by atoms with Crippen LogP contribution in [0.25, 0.3) is 0 Å².